The third kappa shape index (κ3) is 3.28. The fourth-order valence-corrected chi connectivity index (χ4v) is 4.75. The number of hydrogen-bond acceptors (Lipinski definition) is 7. The highest BCUT2D eigenvalue weighted by Gasteiger charge is 2.31. The molecule has 0 radical (unpaired) electrons. The van der Waals surface area contributed by atoms with Crippen molar-refractivity contribution in [2.45, 2.75) is 31.7 Å². The largest absolute Gasteiger partial charge is 0.360 e. The number of carbonyl (C=O) groups is 2. The van der Waals surface area contributed by atoms with Gasteiger partial charge in [-0.1, -0.05) is 16.5 Å². The van der Waals surface area contributed by atoms with E-state index in [0.29, 0.717) is 41.8 Å². The quantitative estimate of drug-likeness (QED) is 0.724. The zero-order chi connectivity index (χ0) is 18.4. The van der Waals surface area contributed by atoms with Crippen LogP contribution in [0.5, 0.6) is 0 Å². The topological polar surface area (TPSA) is 88.3 Å². The van der Waals surface area contributed by atoms with Crippen LogP contribution >= 0.6 is 22.7 Å². The molecule has 138 valence electrons. The minimum Gasteiger partial charge on any atom is -0.360 e. The van der Waals surface area contributed by atoms with E-state index in [0.717, 1.165) is 29.2 Å². The number of anilines is 1. The first kappa shape index (κ1) is 16.6. The molecule has 0 spiro atoms. The summed E-state index contributed by atoms with van der Waals surface area (Å²) in [6, 6.07) is 3.55. The van der Waals surface area contributed by atoms with Gasteiger partial charge in [0.25, 0.3) is 11.8 Å². The molecule has 2 amide bonds. The molecule has 5 rings (SSSR count). The highest BCUT2D eigenvalue weighted by molar-refractivity contribution is 7.16. The van der Waals surface area contributed by atoms with Crippen LogP contribution in [0.25, 0.3) is 0 Å². The molecule has 0 aromatic carbocycles. The van der Waals surface area contributed by atoms with E-state index in [1.54, 1.807) is 22.4 Å². The van der Waals surface area contributed by atoms with Crippen molar-refractivity contribution in [2.75, 3.05) is 11.9 Å². The number of carbonyl (C=O) groups excluding carboxylic acids is 2. The molecule has 3 aromatic heterocycles. The van der Waals surface area contributed by atoms with Gasteiger partial charge in [0, 0.05) is 35.2 Å². The Kier molecular flexibility index (Phi) is 4.05. The van der Waals surface area contributed by atoms with Crippen molar-refractivity contribution in [3.05, 3.63) is 50.5 Å². The molecule has 1 fully saturated rings. The van der Waals surface area contributed by atoms with Gasteiger partial charge in [-0.2, -0.15) is 11.3 Å². The van der Waals surface area contributed by atoms with Crippen molar-refractivity contribution in [3.63, 3.8) is 0 Å². The molecule has 0 saturated heterocycles. The lowest BCUT2D eigenvalue weighted by Gasteiger charge is -2.25. The average molecular weight is 400 g/mol. The number of fused-ring (bicyclic) bond motifs is 1. The summed E-state index contributed by atoms with van der Waals surface area (Å²) >= 11 is 2.90. The predicted octanol–water partition coefficient (Wildman–Crippen LogP) is 3.52. The van der Waals surface area contributed by atoms with E-state index in [1.165, 1.54) is 22.7 Å². The van der Waals surface area contributed by atoms with Crippen LogP contribution in [-0.4, -0.2) is 33.4 Å². The first-order valence-corrected chi connectivity index (χ1v) is 10.5. The summed E-state index contributed by atoms with van der Waals surface area (Å²) in [5.74, 6) is 0.967. The summed E-state index contributed by atoms with van der Waals surface area (Å²) in [7, 11) is 0. The molecular formula is C18H16N4O3S2. The van der Waals surface area contributed by atoms with Crippen LogP contribution in [0, 0.1) is 0 Å². The number of rotatable bonds is 4. The van der Waals surface area contributed by atoms with E-state index in [9.17, 15) is 9.59 Å². The first-order valence-electron chi connectivity index (χ1n) is 8.75. The third-order valence-corrected chi connectivity index (χ3v) is 6.43. The van der Waals surface area contributed by atoms with Gasteiger partial charge in [-0.05, 0) is 24.3 Å². The van der Waals surface area contributed by atoms with Crippen LogP contribution < -0.4 is 5.32 Å². The Morgan fingerprint density at radius 2 is 2.22 bits per heavy atom. The van der Waals surface area contributed by atoms with Gasteiger partial charge in [-0.3, -0.25) is 14.9 Å². The standard InChI is InChI=1S/C18H16N4O3S2/c23-16(11-4-6-26-9-11)20-18-19-12-3-5-22(8-15(12)27-18)17(24)13-7-14(25-21-13)10-1-2-10/h4,6-7,9-10H,1-3,5,8H2,(H,19,20,23). The van der Waals surface area contributed by atoms with E-state index >= 15 is 0 Å². The summed E-state index contributed by atoms with van der Waals surface area (Å²) in [6.07, 6.45) is 2.88. The van der Waals surface area contributed by atoms with E-state index in [2.05, 4.69) is 15.5 Å². The predicted molar refractivity (Wildman–Crippen MR) is 101 cm³/mol. The van der Waals surface area contributed by atoms with Crippen LogP contribution in [0.1, 0.15) is 55.9 Å². The second kappa shape index (κ2) is 6.58. The third-order valence-electron chi connectivity index (χ3n) is 4.75. The minimum absolute atomic E-state index is 0.117. The highest BCUT2D eigenvalue weighted by atomic mass is 32.1. The van der Waals surface area contributed by atoms with Gasteiger partial charge in [0.15, 0.2) is 10.8 Å². The van der Waals surface area contributed by atoms with Crippen molar-refractivity contribution in [1.82, 2.24) is 15.0 Å². The zero-order valence-electron chi connectivity index (χ0n) is 14.3. The second-order valence-electron chi connectivity index (χ2n) is 6.72. The normalized spacial score (nSPS) is 16.2. The number of nitrogens with one attached hydrogen (secondary N) is 1. The number of thiophene rings is 1. The summed E-state index contributed by atoms with van der Waals surface area (Å²) < 4.78 is 5.30. The number of nitrogens with zero attached hydrogens (tertiary/aromatic N) is 3. The highest BCUT2D eigenvalue weighted by Crippen LogP contribution is 2.40. The molecular weight excluding hydrogens is 384 g/mol. The Morgan fingerprint density at radius 3 is 3.00 bits per heavy atom. The Hall–Kier alpha value is -2.52. The van der Waals surface area contributed by atoms with Crippen LogP contribution in [-0.2, 0) is 13.0 Å². The number of amides is 2. The first-order chi connectivity index (χ1) is 13.2. The van der Waals surface area contributed by atoms with Gasteiger partial charge in [-0.15, -0.1) is 0 Å². The molecule has 2 aliphatic rings. The molecule has 1 aliphatic carbocycles. The van der Waals surface area contributed by atoms with Crippen LogP contribution in [0.3, 0.4) is 0 Å². The van der Waals surface area contributed by atoms with Gasteiger partial charge in [0.1, 0.15) is 5.76 Å². The molecule has 0 atom stereocenters. The van der Waals surface area contributed by atoms with Gasteiger partial charge >= 0.3 is 0 Å². The summed E-state index contributed by atoms with van der Waals surface area (Å²) in [4.78, 5) is 32.2. The van der Waals surface area contributed by atoms with Crippen molar-refractivity contribution in [2.24, 2.45) is 0 Å². The lowest BCUT2D eigenvalue weighted by molar-refractivity contribution is 0.0725. The van der Waals surface area contributed by atoms with E-state index < -0.39 is 0 Å². The molecule has 27 heavy (non-hydrogen) atoms. The molecule has 0 unspecified atom stereocenters. The molecule has 1 N–H and O–H groups in total. The summed E-state index contributed by atoms with van der Waals surface area (Å²) in [5.41, 5.74) is 1.95. The molecule has 4 heterocycles. The maximum absolute atomic E-state index is 12.7. The fraction of sp³-hybridized carbons (Fsp3) is 0.333. The van der Waals surface area contributed by atoms with Gasteiger partial charge < -0.3 is 9.42 Å². The zero-order valence-corrected chi connectivity index (χ0v) is 15.9. The Bertz CT molecular complexity index is 1000. The summed E-state index contributed by atoms with van der Waals surface area (Å²) in [5, 5.41) is 11.0. The molecule has 1 aliphatic heterocycles. The monoisotopic (exact) mass is 400 g/mol. The van der Waals surface area contributed by atoms with Crippen molar-refractivity contribution in [1.29, 1.82) is 0 Å². The second-order valence-corrected chi connectivity index (χ2v) is 8.58. The Labute approximate surface area is 163 Å². The lowest BCUT2D eigenvalue weighted by atomic mass is 10.1. The maximum Gasteiger partial charge on any atom is 0.276 e. The van der Waals surface area contributed by atoms with E-state index in [-0.39, 0.29) is 11.8 Å². The maximum atomic E-state index is 12.7. The van der Waals surface area contributed by atoms with E-state index in [4.69, 9.17) is 4.52 Å². The molecule has 9 heteroatoms. The number of hydrogen-bond donors (Lipinski definition) is 1. The van der Waals surface area contributed by atoms with Crippen LogP contribution in [0.2, 0.25) is 0 Å². The number of thiazole rings is 1. The van der Waals surface area contributed by atoms with Gasteiger partial charge in [0.2, 0.25) is 0 Å². The average Bonchev–Trinajstić information content (AvgIpc) is 3.09. The summed E-state index contributed by atoms with van der Waals surface area (Å²) in [6.45, 7) is 1.06. The fourth-order valence-electron chi connectivity index (χ4n) is 3.10. The van der Waals surface area contributed by atoms with Gasteiger partial charge in [0.05, 0.1) is 17.8 Å². The SMILES string of the molecule is O=C(Nc1nc2c(s1)CN(C(=O)c1cc(C3CC3)on1)CC2)c1ccsc1. The van der Waals surface area contributed by atoms with Crippen molar-refractivity contribution < 1.29 is 14.1 Å². The number of aromatic nitrogens is 2. The van der Waals surface area contributed by atoms with Crippen LogP contribution in [0.15, 0.2) is 27.4 Å². The Balaban J connectivity index is 1.28. The van der Waals surface area contributed by atoms with Crippen LogP contribution in [0.4, 0.5) is 5.13 Å². The van der Waals surface area contributed by atoms with Gasteiger partial charge in [-0.25, -0.2) is 4.98 Å². The van der Waals surface area contributed by atoms with Crippen molar-refractivity contribution >= 4 is 39.6 Å². The Morgan fingerprint density at radius 1 is 1.33 bits per heavy atom. The molecule has 0 bridgehead atoms. The van der Waals surface area contributed by atoms with E-state index in [1.807, 2.05) is 5.38 Å². The smallest absolute Gasteiger partial charge is 0.276 e. The van der Waals surface area contributed by atoms with Crippen molar-refractivity contribution in [3.8, 4) is 0 Å². The lowest BCUT2D eigenvalue weighted by Crippen LogP contribution is -2.35. The molecule has 3 aromatic rings. The molecule has 7 nitrogen and oxygen atoms in total. The molecule has 1 saturated carbocycles. The minimum atomic E-state index is -0.162.